The van der Waals surface area contributed by atoms with E-state index in [0.29, 0.717) is 55.0 Å². The molecular weight excluding hydrogens is 821 g/mol. The Morgan fingerprint density at radius 3 is 1.38 bits per heavy atom. The van der Waals surface area contributed by atoms with Gasteiger partial charge in [0.25, 0.3) is 0 Å². The lowest BCUT2D eigenvalue weighted by atomic mass is 9.92. The molecule has 2 saturated heterocycles. The number of carbonyl (C=O) groups excluding carboxylic acids is 2. The van der Waals surface area contributed by atoms with E-state index in [2.05, 4.69) is 23.0 Å². The van der Waals surface area contributed by atoms with E-state index in [0.717, 1.165) is 25.7 Å². The van der Waals surface area contributed by atoms with E-state index in [1.54, 1.807) is 24.3 Å². The van der Waals surface area contributed by atoms with Gasteiger partial charge >= 0.3 is 12.2 Å². The number of fused-ring (bicyclic) bond motifs is 4. The minimum absolute atomic E-state index is 0.0727. The van der Waals surface area contributed by atoms with Crippen molar-refractivity contribution in [3.8, 4) is 23.0 Å². The first-order valence-corrected chi connectivity index (χ1v) is 21.4. The second-order valence-electron chi connectivity index (χ2n) is 15.8. The monoisotopic (exact) mass is 884 g/mol. The zero-order chi connectivity index (χ0) is 45.3. The summed E-state index contributed by atoms with van der Waals surface area (Å²) >= 11 is 0. The number of nitrogens with zero attached hydrogens (tertiary/aromatic N) is 4. The van der Waals surface area contributed by atoms with Crippen LogP contribution in [0.4, 0.5) is 21.0 Å². The van der Waals surface area contributed by atoms with Gasteiger partial charge in [-0.2, -0.15) is 0 Å². The summed E-state index contributed by atoms with van der Waals surface area (Å²) in [5, 5.41) is 23.9. The van der Waals surface area contributed by atoms with Crippen molar-refractivity contribution in [2.24, 2.45) is 0 Å². The smallest absolute Gasteiger partial charge is 0.416 e. The van der Waals surface area contributed by atoms with Crippen LogP contribution in [0.1, 0.15) is 56.1 Å². The van der Waals surface area contributed by atoms with Crippen LogP contribution < -0.4 is 28.7 Å². The Bertz CT molecular complexity index is 1770. The molecule has 4 aliphatic heterocycles. The summed E-state index contributed by atoms with van der Waals surface area (Å²) in [6, 6.07) is 5.76. The molecule has 6 rings (SSSR count). The van der Waals surface area contributed by atoms with E-state index in [1.165, 1.54) is 64.6 Å². The van der Waals surface area contributed by atoms with Gasteiger partial charge < -0.3 is 57.6 Å². The van der Waals surface area contributed by atoms with E-state index >= 15 is 0 Å². The molecule has 0 saturated carbocycles. The molecule has 0 aliphatic carbocycles. The van der Waals surface area contributed by atoms with Crippen molar-refractivity contribution < 1.29 is 67.2 Å². The van der Waals surface area contributed by atoms with Crippen LogP contribution in [0, 0.1) is 0 Å². The highest BCUT2D eigenvalue weighted by Crippen LogP contribution is 2.48. The molecule has 18 heteroatoms. The minimum atomic E-state index is -1.36. The Hall–Kier alpha value is -4.66. The van der Waals surface area contributed by atoms with Gasteiger partial charge in [-0.05, 0) is 50.9 Å². The number of amides is 2. The van der Waals surface area contributed by atoms with Crippen molar-refractivity contribution in [2.75, 3.05) is 105 Å². The molecule has 4 heterocycles. The minimum Gasteiger partial charge on any atom is -0.493 e. The fraction of sp³-hybridized carbons (Fsp3) is 0.600. The SMILES string of the molecule is C=CCOC(=O)N1c2cc(OCCCOc3cc4c(cc3OC)C(OC)(OC)CN3CCCC[C@H]3[C@H](O)N4C(=O)OCC=C)c(OC)cc2C(OC)(OC)CN2CCCC[C@H]2[C@@H]1O. The highest BCUT2D eigenvalue weighted by atomic mass is 16.7. The zero-order valence-electron chi connectivity index (χ0n) is 37.4. The molecule has 0 bridgehead atoms. The summed E-state index contributed by atoms with van der Waals surface area (Å²) < 4.78 is 59.8. The van der Waals surface area contributed by atoms with Crippen LogP contribution in [0.2, 0.25) is 0 Å². The first kappa shape index (κ1) is 47.8. The number of rotatable bonds is 16. The van der Waals surface area contributed by atoms with Crippen LogP contribution >= 0.6 is 0 Å². The van der Waals surface area contributed by atoms with Crippen molar-refractivity contribution >= 4 is 23.6 Å². The number of piperidine rings is 2. The lowest BCUT2D eigenvalue weighted by Crippen LogP contribution is -2.61. The molecule has 2 amide bonds. The van der Waals surface area contributed by atoms with Crippen LogP contribution in [0.15, 0.2) is 49.6 Å². The molecule has 2 aromatic carbocycles. The fourth-order valence-corrected chi connectivity index (χ4v) is 9.19. The molecule has 2 aromatic rings. The van der Waals surface area contributed by atoms with E-state index in [1.807, 2.05) is 0 Å². The first-order valence-electron chi connectivity index (χ1n) is 21.4. The normalized spacial score (nSPS) is 23.2. The molecule has 348 valence electrons. The number of hydrogen-bond acceptors (Lipinski definition) is 16. The Morgan fingerprint density at radius 2 is 1.03 bits per heavy atom. The topological polar surface area (TPSA) is 180 Å². The number of benzene rings is 2. The maximum atomic E-state index is 13.8. The summed E-state index contributed by atoms with van der Waals surface area (Å²) in [5.74, 6) is -1.49. The Kier molecular flexibility index (Phi) is 16.2. The average Bonchev–Trinajstić information content (AvgIpc) is 3.30. The van der Waals surface area contributed by atoms with Crippen molar-refractivity contribution in [3.05, 3.63) is 60.7 Å². The third-order valence-corrected chi connectivity index (χ3v) is 12.4. The lowest BCUT2D eigenvalue weighted by Gasteiger charge is -2.48. The maximum absolute atomic E-state index is 13.8. The molecule has 2 fully saturated rings. The molecule has 63 heavy (non-hydrogen) atoms. The Balaban J connectivity index is 1.30. The van der Waals surface area contributed by atoms with Gasteiger partial charge in [0.15, 0.2) is 35.5 Å². The van der Waals surface area contributed by atoms with Gasteiger partial charge in [-0.3, -0.25) is 9.80 Å². The van der Waals surface area contributed by atoms with Gasteiger partial charge in [0.1, 0.15) is 13.2 Å². The largest absolute Gasteiger partial charge is 0.493 e. The van der Waals surface area contributed by atoms with Gasteiger partial charge in [-0.1, -0.05) is 38.2 Å². The molecule has 0 aromatic heterocycles. The zero-order valence-corrected chi connectivity index (χ0v) is 37.4. The van der Waals surface area contributed by atoms with Gasteiger partial charge in [-0.25, -0.2) is 19.4 Å². The number of methoxy groups -OCH3 is 6. The van der Waals surface area contributed by atoms with Crippen LogP contribution in [0.5, 0.6) is 23.0 Å². The maximum Gasteiger partial charge on any atom is 0.416 e. The average molecular weight is 885 g/mol. The second kappa shape index (κ2) is 21.3. The standard InChI is InChI=1S/C45H64N4O14/c1-9-20-62-42(52)48-34-26-38(36(54-3)24-30(34)44(56-5,57-6)28-46-18-13-11-16-32(46)40(48)50)60-22-15-23-61-39-27-35-31(25-37(39)55-4)45(58-7,59-8)29-47-19-14-12-17-33(47)41(51)49(35)43(53)63-21-10-2/h9-10,24-27,32-33,40-41,50-51H,1-2,11-23,28-29H2,3-8H3/t32-,33-,40-,41-/m0/s1. The molecule has 0 spiro atoms. The number of carbonyl (C=O) groups is 2. The molecular formula is C45H64N4O14. The van der Waals surface area contributed by atoms with Gasteiger partial charge in [0.2, 0.25) is 11.6 Å². The third-order valence-electron chi connectivity index (χ3n) is 12.4. The van der Waals surface area contributed by atoms with E-state index in [9.17, 15) is 19.8 Å². The first-order chi connectivity index (χ1) is 30.5. The van der Waals surface area contributed by atoms with E-state index in [-0.39, 0.29) is 62.4 Å². The summed E-state index contributed by atoms with van der Waals surface area (Å²) in [7, 11) is 9.14. The van der Waals surface area contributed by atoms with Gasteiger partial charge in [-0.15, -0.1) is 0 Å². The van der Waals surface area contributed by atoms with Crippen LogP contribution in [0.3, 0.4) is 0 Å². The highest BCUT2D eigenvalue weighted by molar-refractivity contribution is 5.91. The summed E-state index contributed by atoms with van der Waals surface area (Å²) in [6.07, 6.45) is 3.97. The van der Waals surface area contributed by atoms with Crippen molar-refractivity contribution in [2.45, 2.75) is 81.1 Å². The summed E-state index contributed by atoms with van der Waals surface area (Å²) in [5.41, 5.74) is 1.39. The van der Waals surface area contributed by atoms with Gasteiger partial charge in [0, 0.05) is 58.1 Å². The molecule has 4 aliphatic rings. The lowest BCUT2D eigenvalue weighted by molar-refractivity contribution is -0.233. The predicted octanol–water partition coefficient (Wildman–Crippen LogP) is 5.07. The molecule has 18 nitrogen and oxygen atoms in total. The van der Waals surface area contributed by atoms with Crippen molar-refractivity contribution in [3.63, 3.8) is 0 Å². The van der Waals surface area contributed by atoms with E-state index < -0.39 is 48.3 Å². The molecule has 2 N–H and O–H groups in total. The second-order valence-corrected chi connectivity index (χ2v) is 15.8. The van der Waals surface area contributed by atoms with Crippen LogP contribution in [-0.4, -0.2) is 152 Å². The molecule has 0 unspecified atom stereocenters. The van der Waals surface area contributed by atoms with Crippen LogP contribution in [0.25, 0.3) is 0 Å². The highest BCUT2D eigenvalue weighted by Gasteiger charge is 2.50. The Morgan fingerprint density at radius 1 is 0.635 bits per heavy atom. The van der Waals surface area contributed by atoms with E-state index in [4.69, 9.17) is 47.4 Å². The number of ether oxygens (including phenoxy) is 10. The van der Waals surface area contributed by atoms with Crippen molar-refractivity contribution in [1.82, 2.24) is 9.80 Å². The summed E-state index contributed by atoms with van der Waals surface area (Å²) in [4.78, 5) is 34.3. The molecule has 4 atom stereocenters. The Labute approximate surface area is 369 Å². The van der Waals surface area contributed by atoms with Gasteiger partial charge in [0.05, 0.1) is 64.0 Å². The predicted molar refractivity (Wildman–Crippen MR) is 231 cm³/mol. The number of hydrogen-bond donors (Lipinski definition) is 2. The third kappa shape index (κ3) is 9.59. The quantitative estimate of drug-likeness (QED) is 0.130. The number of anilines is 2. The summed E-state index contributed by atoms with van der Waals surface area (Å²) in [6.45, 7) is 9.34. The fourth-order valence-electron chi connectivity index (χ4n) is 9.19. The molecule has 0 radical (unpaired) electrons. The van der Waals surface area contributed by atoms with Crippen molar-refractivity contribution in [1.29, 1.82) is 0 Å². The number of aliphatic hydroxyl groups is 2. The van der Waals surface area contributed by atoms with Crippen LogP contribution in [-0.2, 0) is 40.0 Å². The number of aliphatic hydroxyl groups excluding tert-OH is 2.